The molecule has 2 rings (SSSR count). The summed E-state index contributed by atoms with van der Waals surface area (Å²) in [6, 6.07) is 5.90. The quantitative estimate of drug-likeness (QED) is 0.847. The number of carbonyl (C=O) groups excluding carboxylic acids is 1. The third-order valence-corrected chi connectivity index (χ3v) is 3.47. The Bertz CT molecular complexity index is 454. The molecule has 104 valence electrons. The molecular weight excluding hydrogens is 238 g/mol. The minimum atomic E-state index is -0.174. The van der Waals surface area contributed by atoms with E-state index in [1.165, 1.54) is 5.56 Å². The molecule has 3 heteroatoms. The fraction of sp³-hybridized carbons (Fsp3) is 0.562. The van der Waals surface area contributed by atoms with Crippen LogP contribution in [0.5, 0.6) is 0 Å². The van der Waals surface area contributed by atoms with Crippen LogP contribution in [0.2, 0.25) is 0 Å². The second-order valence-corrected chi connectivity index (χ2v) is 5.72. The van der Waals surface area contributed by atoms with Crippen molar-refractivity contribution in [1.82, 2.24) is 5.32 Å². The lowest BCUT2D eigenvalue weighted by atomic mass is 9.95. The van der Waals surface area contributed by atoms with Gasteiger partial charge in [0.05, 0.1) is 11.7 Å². The van der Waals surface area contributed by atoms with Crippen molar-refractivity contribution in [2.75, 3.05) is 6.54 Å². The number of carbonyl (C=O) groups is 1. The first kappa shape index (κ1) is 14.1. The van der Waals surface area contributed by atoms with E-state index in [-0.39, 0.29) is 12.1 Å². The van der Waals surface area contributed by atoms with Crippen LogP contribution in [0.15, 0.2) is 18.2 Å². The summed E-state index contributed by atoms with van der Waals surface area (Å²) < 4.78 is 5.55. The minimum Gasteiger partial charge on any atom is -0.459 e. The maximum absolute atomic E-state index is 12.3. The van der Waals surface area contributed by atoms with E-state index in [0.717, 1.165) is 37.1 Å². The summed E-state index contributed by atoms with van der Waals surface area (Å²) in [5, 5.41) is 3.32. The molecule has 1 aliphatic heterocycles. The predicted molar refractivity (Wildman–Crippen MR) is 76.2 cm³/mol. The van der Waals surface area contributed by atoms with E-state index in [1.54, 1.807) is 0 Å². The number of ether oxygens (including phenoxy) is 1. The van der Waals surface area contributed by atoms with E-state index in [1.807, 2.05) is 19.1 Å². The van der Waals surface area contributed by atoms with Gasteiger partial charge in [0.15, 0.2) is 0 Å². The van der Waals surface area contributed by atoms with Crippen LogP contribution >= 0.6 is 0 Å². The van der Waals surface area contributed by atoms with E-state index in [2.05, 4.69) is 25.2 Å². The van der Waals surface area contributed by atoms with Gasteiger partial charge in [-0.3, -0.25) is 0 Å². The number of fused-ring (bicyclic) bond motifs is 1. The Morgan fingerprint density at radius 2 is 2.16 bits per heavy atom. The zero-order chi connectivity index (χ0) is 13.8. The first-order valence-corrected chi connectivity index (χ1v) is 7.10. The van der Waals surface area contributed by atoms with Crippen molar-refractivity contribution in [3.05, 3.63) is 34.9 Å². The molecule has 1 N–H and O–H groups in total. The smallest absolute Gasteiger partial charge is 0.338 e. The molecule has 0 aliphatic carbocycles. The van der Waals surface area contributed by atoms with E-state index in [0.29, 0.717) is 5.92 Å². The summed E-state index contributed by atoms with van der Waals surface area (Å²) in [7, 11) is 0. The molecule has 3 nitrogen and oxygen atoms in total. The molecule has 19 heavy (non-hydrogen) atoms. The molecule has 0 fully saturated rings. The van der Waals surface area contributed by atoms with Crippen molar-refractivity contribution in [3.63, 3.8) is 0 Å². The number of hydrogen-bond donors (Lipinski definition) is 1. The Balaban J connectivity index is 2.11. The molecule has 0 saturated heterocycles. The van der Waals surface area contributed by atoms with Crippen LogP contribution in [0, 0.1) is 5.92 Å². The second-order valence-electron chi connectivity index (χ2n) is 5.72. The highest BCUT2D eigenvalue weighted by Crippen LogP contribution is 2.20. The highest BCUT2D eigenvalue weighted by Gasteiger charge is 2.20. The van der Waals surface area contributed by atoms with Crippen molar-refractivity contribution < 1.29 is 9.53 Å². The molecule has 0 radical (unpaired) electrons. The summed E-state index contributed by atoms with van der Waals surface area (Å²) in [6.45, 7) is 8.02. The van der Waals surface area contributed by atoms with E-state index < -0.39 is 0 Å². The zero-order valence-electron chi connectivity index (χ0n) is 12.0. The predicted octanol–water partition coefficient (Wildman–Crippen LogP) is 2.92. The number of benzene rings is 1. The summed E-state index contributed by atoms with van der Waals surface area (Å²) >= 11 is 0. The van der Waals surface area contributed by atoms with Gasteiger partial charge in [0.2, 0.25) is 0 Å². The zero-order valence-corrected chi connectivity index (χ0v) is 12.0. The molecule has 1 aromatic rings. The number of nitrogens with one attached hydrogen (secondary N) is 1. The molecule has 0 bridgehead atoms. The van der Waals surface area contributed by atoms with Gasteiger partial charge in [0.1, 0.15) is 0 Å². The highest BCUT2D eigenvalue weighted by molar-refractivity contribution is 5.91. The molecule has 0 saturated carbocycles. The van der Waals surface area contributed by atoms with Crippen molar-refractivity contribution in [1.29, 1.82) is 0 Å². The van der Waals surface area contributed by atoms with E-state index >= 15 is 0 Å². The Kier molecular flexibility index (Phi) is 4.59. The normalized spacial score (nSPS) is 16.0. The summed E-state index contributed by atoms with van der Waals surface area (Å²) in [4.78, 5) is 12.3. The Labute approximate surface area is 115 Å². The molecule has 1 unspecified atom stereocenters. The molecule has 1 aliphatic rings. The lowest BCUT2D eigenvalue weighted by molar-refractivity contribution is 0.0298. The van der Waals surface area contributed by atoms with Crippen LogP contribution in [0.4, 0.5) is 0 Å². The van der Waals surface area contributed by atoms with Crippen molar-refractivity contribution in [2.45, 2.75) is 46.3 Å². The monoisotopic (exact) mass is 261 g/mol. The lowest BCUT2D eigenvalue weighted by Crippen LogP contribution is -2.26. The first-order valence-electron chi connectivity index (χ1n) is 7.10. The maximum atomic E-state index is 12.3. The van der Waals surface area contributed by atoms with Gasteiger partial charge >= 0.3 is 5.97 Å². The van der Waals surface area contributed by atoms with Gasteiger partial charge in [-0.05, 0) is 49.4 Å². The largest absolute Gasteiger partial charge is 0.459 e. The van der Waals surface area contributed by atoms with E-state index in [9.17, 15) is 4.79 Å². The maximum Gasteiger partial charge on any atom is 0.338 e. The van der Waals surface area contributed by atoms with Gasteiger partial charge in [-0.15, -0.1) is 0 Å². The number of rotatable bonds is 4. The molecule has 0 spiro atoms. The fourth-order valence-electron chi connectivity index (χ4n) is 2.68. The average Bonchev–Trinajstić information content (AvgIpc) is 2.36. The molecule has 1 aromatic carbocycles. The molecule has 1 heterocycles. The number of esters is 1. The Morgan fingerprint density at radius 1 is 1.37 bits per heavy atom. The van der Waals surface area contributed by atoms with Crippen molar-refractivity contribution in [2.24, 2.45) is 5.92 Å². The van der Waals surface area contributed by atoms with Gasteiger partial charge < -0.3 is 10.1 Å². The summed E-state index contributed by atoms with van der Waals surface area (Å²) in [5.41, 5.74) is 3.12. The van der Waals surface area contributed by atoms with Gasteiger partial charge in [0, 0.05) is 6.54 Å². The molecule has 0 amide bonds. The standard InChI is InChI=1S/C16H23NO2/c1-11(2)9-12(3)19-16(18)15-6-4-5-13-10-17-8-7-14(13)15/h4-6,11-12,17H,7-10H2,1-3H3. The molecule has 0 aromatic heterocycles. The summed E-state index contributed by atoms with van der Waals surface area (Å²) in [5.74, 6) is 0.364. The van der Waals surface area contributed by atoms with Gasteiger partial charge in [-0.1, -0.05) is 26.0 Å². The van der Waals surface area contributed by atoms with Crippen molar-refractivity contribution >= 4 is 5.97 Å². The number of hydrogen-bond acceptors (Lipinski definition) is 3. The van der Waals surface area contributed by atoms with Gasteiger partial charge in [-0.2, -0.15) is 0 Å². The second kappa shape index (κ2) is 6.20. The topological polar surface area (TPSA) is 38.3 Å². The minimum absolute atomic E-state index is 0.0231. The molecular formula is C16H23NO2. The first-order chi connectivity index (χ1) is 9.08. The van der Waals surface area contributed by atoms with Crippen LogP contribution in [-0.2, 0) is 17.7 Å². The van der Waals surface area contributed by atoms with Crippen molar-refractivity contribution in [3.8, 4) is 0 Å². The Hall–Kier alpha value is -1.35. The SMILES string of the molecule is CC(C)CC(C)OC(=O)c1cccc2c1CCNC2. The third-order valence-electron chi connectivity index (χ3n) is 3.47. The van der Waals surface area contributed by atoms with Gasteiger partial charge in [0.25, 0.3) is 0 Å². The lowest BCUT2D eigenvalue weighted by Gasteiger charge is -2.21. The fourth-order valence-corrected chi connectivity index (χ4v) is 2.68. The third kappa shape index (κ3) is 3.57. The van der Waals surface area contributed by atoms with Crippen LogP contribution in [0.1, 0.15) is 48.7 Å². The van der Waals surface area contributed by atoms with Crippen LogP contribution in [0.25, 0.3) is 0 Å². The van der Waals surface area contributed by atoms with Crippen LogP contribution < -0.4 is 5.32 Å². The highest BCUT2D eigenvalue weighted by atomic mass is 16.5. The summed E-state index contributed by atoms with van der Waals surface area (Å²) in [6.07, 6.45) is 1.78. The van der Waals surface area contributed by atoms with Crippen LogP contribution in [-0.4, -0.2) is 18.6 Å². The molecule has 1 atom stereocenters. The van der Waals surface area contributed by atoms with E-state index in [4.69, 9.17) is 4.74 Å². The average molecular weight is 261 g/mol. The Morgan fingerprint density at radius 3 is 2.89 bits per heavy atom. The van der Waals surface area contributed by atoms with Gasteiger partial charge in [-0.25, -0.2) is 4.79 Å². The van der Waals surface area contributed by atoms with Crippen LogP contribution in [0.3, 0.4) is 0 Å².